The highest BCUT2D eigenvalue weighted by molar-refractivity contribution is 6.05. The molecule has 0 aliphatic carbocycles. The third-order valence-electron chi connectivity index (χ3n) is 4.70. The van der Waals surface area contributed by atoms with E-state index >= 15 is 0 Å². The standard InChI is InChI=1S/C17H24N6O3/c1-11-7-18-8-12(2)23(11)10-16(25)20-13-3-4-14(19-9-13)22-6-5-15(24)21-17(22)26/h3-4,9,11-12,18H,5-8,10H2,1-2H3,(H,20,25)(H,21,24,26)/t11-,12+. The number of carbonyl (C=O) groups is 3. The van der Waals surface area contributed by atoms with Gasteiger partial charge in [0.15, 0.2) is 0 Å². The lowest BCUT2D eigenvalue weighted by atomic mass is 10.1. The number of hydrogen-bond acceptors (Lipinski definition) is 6. The molecule has 3 rings (SSSR count). The van der Waals surface area contributed by atoms with Gasteiger partial charge in [-0.3, -0.25) is 24.7 Å². The quantitative estimate of drug-likeness (QED) is 0.706. The van der Waals surface area contributed by atoms with Crippen LogP contribution >= 0.6 is 0 Å². The highest BCUT2D eigenvalue weighted by Gasteiger charge is 2.27. The molecule has 2 saturated heterocycles. The molecule has 0 spiro atoms. The number of aromatic nitrogens is 1. The van der Waals surface area contributed by atoms with Crippen molar-refractivity contribution >= 4 is 29.4 Å². The minimum absolute atomic E-state index is 0.0959. The first kappa shape index (κ1) is 18.3. The number of piperazine rings is 1. The van der Waals surface area contributed by atoms with Crippen LogP contribution in [0, 0.1) is 0 Å². The topological polar surface area (TPSA) is 107 Å². The summed E-state index contributed by atoms with van der Waals surface area (Å²) < 4.78 is 0. The molecule has 2 atom stereocenters. The third kappa shape index (κ3) is 4.17. The Morgan fingerprint density at radius 2 is 2.00 bits per heavy atom. The molecule has 1 aromatic rings. The molecule has 0 radical (unpaired) electrons. The molecule has 2 aliphatic heterocycles. The van der Waals surface area contributed by atoms with Crippen LogP contribution in [0.3, 0.4) is 0 Å². The van der Waals surface area contributed by atoms with Gasteiger partial charge >= 0.3 is 6.03 Å². The molecule has 0 aromatic carbocycles. The second-order valence-corrected chi connectivity index (χ2v) is 6.74. The van der Waals surface area contributed by atoms with Crippen molar-refractivity contribution in [2.45, 2.75) is 32.4 Å². The minimum atomic E-state index is -0.479. The fourth-order valence-electron chi connectivity index (χ4n) is 3.25. The average molecular weight is 360 g/mol. The Labute approximate surface area is 152 Å². The number of urea groups is 1. The molecule has 3 heterocycles. The maximum Gasteiger partial charge on any atom is 0.329 e. The van der Waals surface area contributed by atoms with Crippen molar-refractivity contribution in [2.24, 2.45) is 0 Å². The summed E-state index contributed by atoms with van der Waals surface area (Å²) >= 11 is 0. The molecule has 1 aromatic heterocycles. The van der Waals surface area contributed by atoms with E-state index in [0.29, 0.717) is 36.7 Å². The summed E-state index contributed by atoms with van der Waals surface area (Å²) in [6, 6.07) is 3.47. The van der Waals surface area contributed by atoms with Gasteiger partial charge in [-0.05, 0) is 26.0 Å². The Balaban J connectivity index is 1.58. The number of imide groups is 1. The van der Waals surface area contributed by atoms with E-state index in [1.165, 1.54) is 11.1 Å². The van der Waals surface area contributed by atoms with Gasteiger partial charge in [0.2, 0.25) is 11.8 Å². The smallest absolute Gasteiger partial charge is 0.324 e. The minimum Gasteiger partial charge on any atom is -0.324 e. The lowest BCUT2D eigenvalue weighted by Gasteiger charge is -2.38. The Morgan fingerprint density at radius 3 is 2.62 bits per heavy atom. The predicted octanol–water partition coefficient (Wildman–Crippen LogP) is 0.149. The lowest BCUT2D eigenvalue weighted by molar-refractivity contribution is -0.120. The van der Waals surface area contributed by atoms with E-state index in [2.05, 4.69) is 39.7 Å². The van der Waals surface area contributed by atoms with E-state index in [1.807, 2.05) is 0 Å². The van der Waals surface area contributed by atoms with E-state index in [9.17, 15) is 14.4 Å². The van der Waals surface area contributed by atoms with E-state index < -0.39 is 6.03 Å². The number of nitrogens with zero attached hydrogens (tertiary/aromatic N) is 3. The predicted molar refractivity (Wildman–Crippen MR) is 96.9 cm³/mol. The van der Waals surface area contributed by atoms with Gasteiger partial charge in [-0.1, -0.05) is 0 Å². The van der Waals surface area contributed by atoms with Gasteiger partial charge in [0.25, 0.3) is 0 Å². The Morgan fingerprint density at radius 1 is 1.27 bits per heavy atom. The molecular weight excluding hydrogens is 336 g/mol. The monoisotopic (exact) mass is 360 g/mol. The number of anilines is 2. The molecular formula is C17H24N6O3. The van der Waals surface area contributed by atoms with Gasteiger partial charge in [0.1, 0.15) is 5.82 Å². The number of pyridine rings is 1. The Bertz CT molecular complexity index is 682. The van der Waals surface area contributed by atoms with Crippen molar-refractivity contribution in [3.05, 3.63) is 18.3 Å². The average Bonchev–Trinajstić information content (AvgIpc) is 2.59. The van der Waals surface area contributed by atoms with Crippen molar-refractivity contribution in [3.8, 4) is 0 Å². The zero-order chi connectivity index (χ0) is 18.7. The molecule has 140 valence electrons. The van der Waals surface area contributed by atoms with Gasteiger partial charge in [-0.2, -0.15) is 0 Å². The Kier molecular flexibility index (Phi) is 5.48. The van der Waals surface area contributed by atoms with E-state index in [-0.39, 0.29) is 18.2 Å². The number of nitrogens with one attached hydrogen (secondary N) is 3. The summed E-state index contributed by atoms with van der Waals surface area (Å²) in [4.78, 5) is 43.2. The van der Waals surface area contributed by atoms with Gasteiger partial charge in [-0.25, -0.2) is 9.78 Å². The molecule has 2 fully saturated rings. The summed E-state index contributed by atoms with van der Waals surface area (Å²) in [6.45, 7) is 6.55. The molecule has 2 aliphatic rings. The molecule has 0 unspecified atom stereocenters. The molecule has 9 nitrogen and oxygen atoms in total. The van der Waals surface area contributed by atoms with Crippen molar-refractivity contribution in [2.75, 3.05) is 36.4 Å². The van der Waals surface area contributed by atoms with Crippen LogP contribution in [0.4, 0.5) is 16.3 Å². The molecule has 4 amide bonds. The van der Waals surface area contributed by atoms with Crippen LogP contribution in [-0.4, -0.2) is 66.0 Å². The number of rotatable bonds is 4. The molecule has 9 heteroatoms. The van der Waals surface area contributed by atoms with Crippen LogP contribution in [0.15, 0.2) is 18.3 Å². The number of carbonyl (C=O) groups excluding carboxylic acids is 3. The van der Waals surface area contributed by atoms with Crippen molar-refractivity contribution in [1.29, 1.82) is 0 Å². The first-order chi connectivity index (χ1) is 12.4. The molecule has 0 saturated carbocycles. The largest absolute Gasteiger partial charge is 0.329 e. The summed E-state index contributed by atoms with van der Waals surface area (Å²) in [7, 11) is 0. The van der Waals surface area contributed by atoms with E-state index in [1.54, 1.807) is 12.1 Å². The molecule has 3 N–H and O–H groups in total. The first-order valence-corrected chi connectivity index (χ1v) is 8.78. The summed E-state index contributed by atoms with van der Waals surface area (Å²) in [5.74, 6) is 0.0605. The van der Waals surface area contributed by atoms with Crippen molar-refractivity contribution in [3.63, 3.8) is 0 Å². The van der Waals surface area contributed by atoms with Crippen molar-refractivity contribution < 1.29 is 14.4 Å². The molecule has 0 bridgehead atoms. The zero-order valence-electron chi connectivity index (χ0n) is 15.0. The zero-order valence-corrected chi connectivity index (χ0v) is 15.0. The summed E-state index contributed by atoms with van der Waals surface area (Å²) in [5, 5.41) is 8.44. The maximum atomic E-state index is 12.3. The van der Waals surface area contributed by atoms with Gasteiger partial charge < -0.3 is 10.6 Å². The normalized spacial score (nSPS) is 24.3. The SMILES string of the molecule is C[C@@H]1CNC[C@H](C)N1CC(=O)Nc1ccc(N2CCC(=O)NC2=O)nc1. The fourth-order valence-corrected chi connectivity index (χ4v) is 3.25. The lowest BCUT2D eigenvalue weighted by Crippen LogP contribution is -2.56. The van der Waals surface area contributed by atoms with Crippen LogP contribution < -0.4 is 20.9 Å². The van der Waals surface area contributed by atoms with Gasteiger partial charge in [0, 0.05) is 38.1 Å². The van der Waals surface area contributed by atoms with Gasteiger partial charge in [0.05, 0.1) is 18.4 Å². The van der Waals surface area contributed by atoms with Crippen LogP contribution in [-0.2, 0) is 9.59 Å². The highest BCUT2D eigenvalue weighted by Crippen LogP contribution is 2.17. The number of hydrogen-bond donors (Lipinski definition) is 3. The van der Waals surface area contributed by atoms with Crippen molar-refractivity contribution in [1.82, 2.24) is 20.5 Å². The summed E-state index contributed by atoms with van der Waals surface area (Å²) in [5.41, 5.74) is 0.572. The maximum absolute atomic E-state index is 12.3. The fraction of sp³-hybridized carbons (Fsp3) is 0.529. The van der Waals surface area contributed by atoms with Crippen LogP contribution in [0.25, 0.3) is 0 Å². The van der Waals surface area contributed by atoms with Crippen LogP contribution in [0.1, 0.15) is 20.3 Å². The number of amides is 4. The van der Waals surface area contributed by atoms with Crippen LogP contribution in [0.5, 0.6) is 0 Å². The van der Waals surface area contributed by atoms with Gasteiger partial charge in [-0.15, -0.1) is 0 Å². The first-order valence-electron chi connectivity index (χ1n) is 8.78. The van der Waals surface area contributed by atoms with E-state index in [4.69, 9.17) is 0 Å². The summed E-state index contributed by atoms with van der Waals surface area (Å²) in [6.07, 6.45) is 1.76. The highest BCUT2D eigenvalue weighted by atomic mass is 16.2. The second kappa shape index (κ2) is 7.79. The van der Waals surface area contributed by atoms with Crippen LogP contribution in [0.2, 0.25) is 0 Å². The Hall–Kier alpha value is -2.52. The third-order valence-corrected chi connectivity index (χ3v) is 4.70. The second-order valence-electron chi connectivity index (χ2n) is 6.74. The van der Waals surface area contributed by atoms with E-state index in [0.717, 1.165) is 13.1 Å². The molecule has 26 heavy (non-hydrogen) atoms.